The molecule has 0 saturated heterocycles. The van der Waals surface area contributed by atoms with E-state index < -0.39 is 0 Å². The molecule has 0 heterocycles. The van der Waals surface area contributed by atoms with Crippen LogP contribution in [-0.2, 0) is 6.42 Å². The van der Waals surface area contributed by atoms with Crippen molar-refractivity contribution in [3.63, 3.8) is 0 Å². The summed E-state index contributed by atoms with van der Waals surface area (Å²) in [5.74, 6) is 1.59. The zero-order chi connectivity index (χ0) is 14.9. The summed E-state index contributed by atoms with van der Waals surface area (Å²) < 4.78 is 0. The fourth-order valence-electron chi connectivity index (χ4n) is 4.37. The molecule has 2 aromatic rings. The van der Waals surface area contributed by atoms with E-state index in [0.717, 1.165) is 18.3 Å². The van der Waals surface area contributed by atoms with Gasteiger partial charge in [0.05, 0.1) is 0 Å². The minimum atomic E-state index is 0.791. The Morgan fingerprint density at radius 2 is 1.77 bits per heavy atom. The summed E-state index contributed by atoms with van der Waals surface area (Å²) >= 11 is 0. The fourth-order valence-corrected chi connectivity index (χ4v) is 4.37. The average Bonchev–Trinajstić information content (AvgIpc) is 2.58. The van der Waals surface area contributed by atoms with Gasteiger partial charge in [0.15, 0.2) is 0 Å². The average molecular weight is 288 g/mol. The maximum Gasteiger partial charge on any atom is -0.00548 e. The second-order valence-electron chi connectivity index (χ2n) is 6.95. The summed E-state index contributed by atoms with van der Waals surface area (Å²) in [5.41, 5.74) is 4.53. The molecule has 0 nitrogen and oxygen atoms in total. The lowest BCUT2D eigenvalue weighted by atomic mass is 9.71. The van der Waals surface area contributed by atoms with Crippen LogP contribution in [0.4, 0.5) is 0 Å². The summed E-state index contributed by atoms with van der Waals surface area (Å²) in [6.07, 6.45) is 13.8. The van der Waals surface area contributed by atoms with Gasteiger partial charge in [-0.3, -0.25) is 0 Å². The number of aryl methyl sites for hydroxylation is 1. The van der Waals surface area contributed by atoms with Crippen LogP contribution in [0, 0.1) is 18.8 Å². The lowest BCUT2D eigenvalue weighted by Crippen LogP contribution is -2.22. The Kier molecular flexibility index (Phi) is 3.62. The Bertz CT molecular complexity index is 748. The molecule has 0 amide bonds. The quantitative estimate of drug-likeness (QED) is 0.636. The molecule has 0 aromatic heterocycles. The molecule has 22 heavy (non-hydrogen) atoms. The largest absolute Gasteiger partial charge is 0.0808 e. The van der Waals surface area contributed by atoms with Gasteiger partial charge < -0.3 is 0 Å². The number of hydrogen-bond acceptors (Lipinski definition) is 0. The van der Waals surface area contributed by atoms with E-state index >= 15 is 0 Å². The highest BCUT2D eigenvalue weighted by Crippen LogP contribution is 2.40. The molecule has 2 aliphatic carbocycles. The van der Waals surface area contributed by atoms with Crippen LogP contribution in [0.2, 0.25) is 0 Å². The van der Waals surface area contributed by atoms with Crippen LogP contribution < -0.4 is 0 Å². The van der Waals surface area contributed by atoms with E-state index in [1.807, 2.05) is 0 Å². The first-order chi connectivity index (χ1) is 10.8. The first-order valence-electron chi connectivity index (χ1n) is 8.67. The van der Waals surface area contributed by atoms with Crippen molar-refractivity contribution in [1.29, 1.82) is 0 Å². The molecule has 112 valence electrons. The van der Waals surface area contributed by atoms with Gasteiger partial charge in [0.25, 0.3) is 0 Å². The van der Waals surface area contributed by atoms with Crippen LogP contribution in [0.5, 0.6) is 0 Å². The predicted octanol–water partition coefficient (Wildman–Crippen LogP) is 5.99. The van der Waals surface area contributed by atoms with Crippen molar-refractivity contribution in [3.05, 3.63) is 71.3 Å². The molecule has 0 bridgehead atoms. The lowest BCUT2D eigenvalue weighted by Gasteiger charge is -2.34. The fraction of sp³-hybridized carbons (Fsp3) is 0.364. The third-order valence-corrected chi connectivity index (χ3v) is 5.59. The maximum absolute atomic E-state index is 2.45. The highest BCUT2D eigenvalue weighted by atomic mass is 14.3. The topological polar surface area (TPSA) is 0 Å². The second-order valence-corrected chi connectivity index (χ2v) is 6.95. The van der Waals surface area contributed by atoms with Gasteiger partial charge in [-0.25, -0.2) is 0 Å². The zero-order valence-electron chi connectivity index (χ0n) is 13.4. The molecule has 1 fully saturated rings. The molecular formula is C22H24. The molecule has 4 rings (SSSR count). The molecule has 2 atom stereocenters. The summed E-state index contributed by atoms with van der Waals surface area (Å²) in [5, 5.41) is 2.84. The molecule has 0 spiro atoms. The van der Waals surface area contributed by atoms with Crippen molar-refractivity contribution in [1.82, 2.24) is 0 Å². The van der Waals surface area contributed by atoms with Gasteiger partial charge in [0, 0.05) is 0 Å². The van der Waals surface area contributed by atoms with Gasteiger partial charge in [-0.2, -0.15) is 0 Å². The molecule has 0 aliphatic heterocycles. The molecule has 0 radical (unpaired) electrons. The first-order valence-corrected chi connectivity index (χ1v) is 8.67. The second kappa shape index (κ2) is 5.76. The SMILES string of the molecule is Cc1ccc(CC2=CC=CC3CCCCC23)c2ccccc12. The smallest absolute Gasteiger partial charge is 0.00548 e. The van der Waals surface area contributed by atoms with Gasteiger partial charge in [-0.15, -0.1) is 0 Å². The third-order valence-electron chi connectivity index (χ3n) is 5.59. The minimum Gasteiger partial charge on any atom is -0.0808 e. The van der Waals surface area contributed by atoms with E-state index in [0.29, 0.717) is 0 Å². The molecule has 0 N–H and O–H groups in total. The summed E-state index contributed by atoms with van der Waals surface area (Å²) in [6, 6.07) is 13.5. The van der Waals surface area contributed by atoms with Crippen molar-refractivity contribution in [2.45, 2.75) is 39.0 Å². The van der Waals surface area contributed by atoms with E-state index in [1.165, 1.54) is 47.6 Å². The van der Waals surface area contributed by atoms with Crippen LogP contribution in [0.1, 0.15) is 36.8 Å². The van der Waals surface area contributed by atoms with Gasteiger partial charge in [0.2, 0.25) is 0 Å². The highest BCUT2D eigenvalue weighted by Gasteiger charge is 2.27. The molecule has 2 aliphatic rings. The van der Waals surface area contributed by atoms with E-state index in [9.17, 15) is 0 Å². The molecule has 2 unspecified atom stereocenters. The Morgan fingerprint density at radius 1 is 0.955 bits per heavy atom. The highest BCUT2D eigenvalue weighted by molar-refractivity contribution is 5.88. The van der Waals surface area contributed by atoms with Crippen LogP contribution in [0.3, 0.4) is 0 Å². The number of hydrogen-bond donors (Lipinski definition) is 0. The zero-order valence-corrected chi connectivity index (χ0v) is 13.4. The number of fused-ring (bicyclic) bond motifs is 2. The van der Waals surface area contributed by atoms with Gasteiger partial charge in [0.1, 0.15) is 0 Å². The van der Waals surface area contributed by atoms with Gasteiger partial charge >= 0.3 is 0 Å². The van der Waals surface area contributed by atoms with Crippen molar-refractivity contribution >= 4 is 10.8 Å². The number of allylic oxidation sites excluding steroid dienone is 4. The summed E-state index contributed by atoms with van der Waals surface area (Å²) in [4.78, 5) is 0. The first kappa shape index (κ1) is 13.8. The molecular weight excluding hydrogens is 264 g/mol. The Balaban J connectivity index is 1.70. The minimum absolute atomic E-state index is 0.791. The predicted molar refractivity (Wildman–Crippen MR) is 95.1 cm³/mol. The third kappa shape index (κ3) is 2.41. The Labute approximate surface area is 133 Å². The van der Waals surface area contributed by atoms with Crippen LogP contribution in [0.15, 0.2) is 60.2 Å². The lowest BCUT2D eigenvalue weighted by molar-refractivity contribution is 0.316. The van der Waals surface area contributed by atoms with Crippen LogP contribution in [0.25, 0.3) is 10.8 Å². The van der Waals surface area contributed by atoms with Crippen molar-refractivity contribution in [2.24, 2.45) is 11.8 Å². The van der Waals surface area contributed by atoms with Gasteiger partial charge in [-0.1, -0.05) is 73.0 Å². The normalized spacial score (nSPS) is 24.1. The van der Waals surface area contributed by atoms with Crippen molar-refractivity contribution in [2.75, 3.05) is 0 Å². The Hall–Kier alpha value is -1.82. The molecule has 0 heteroatoms. The number of rotatable bonds is 2. The molecule has 2 aromatic carbocycles. The standard InChI is InChI=1S/C22H24/c1-16-13-14-19(22-12-5-4-10-20(16)22)15-18-9-6-8-17-7-2-3-11-21(17)18/h4-6,8-10,12-14,17,21H,2-3,7,11,15H2,1H3. The Morgan fingerprint density at radius 3 is 2.68 bits per heavy atom. The number of benzene rings is 2. The van der Waals surface area contributed by atoms with E-state index in [-0.39, 0.29) is 0 Å². The van der Waals surface area contributed by atoms with Crippen molar-refractivity contribution in [3.8, 4) is 0 Å². The summed E-state index contributed by atoms with van der Waals surface area (Å²) in [7, 11) is 0. The monoisotopic (exact) mass is 288 g/mol. The maximum atomic E-state index is 2.45. The van der Waals surface area contributed by atoms with Crippen LogP contribution in [-0.4, -0.2) is 0 Å². The summed E-state index contributed by atoms with van der Waals surface area (Å²) in [6.45, 7) is 2.21. The van der Waals surface area contributed by atoms with Crippen molar-refractivity contribution < 1.29 is 0 Å². The van der Waals surface area contributed by atoms with E-state index in [4.69, 9.17) is 0 Å². The molecule has 1 saturated carbocycles. The van der Waals surface area contributed by atoms with E-state index in [1.54, 1.807) is 5.57 Å². The van der Waals surface area contributed by atoms with Crippen LogP contribution >= 0.6 is 0 Å². The van der Waals surface area contributed by atoms with E-state index in [2.05, 4.69) is 61.5 Å². The van der Waals surface area contributed by atoms with Gasteiger partial charge in [-0.05, 0) is 59.9 Å².